The van der Waals surface area contributed by atoms with E-state index < -0.39 is 0 Å². The molecule has 166 valence electrons. The van der Waals surface area contributed by atoms with Crippen molar-refractivity contribution in [1.82, 2.24) is 5.32 Å². The monoisotopic (exact) mass is 439 g/mol. The molecule has 1 saturated carbocycles. The lowest BCUT2D eigenvalue weighted by atomic mass is 10.0. The average Bonchev–Trinajstić information content (AvgIpc) is 3.54. The highest BCUT2D eigenvalue weighted by molar-refractivity contribution is 6.43. The Morgan fingerprint density at radius 1 is 0.788 bits per heavy atom. The van der Waals surface area contributed by atoms with Gasteiger partial charge in [0.15, 0.2) is 0 Å². The molecule has 3 aromatic carbocycles. The van der Waals surface area contributed by atoms with Gasteiger partial charge in [-0.15, -0.1) is 0 Å². The average molecular weight is 440 g/mol. The maximum Gasteiger partial charge on any atom is 0.319 e. The number of urea groups is 1. The van der Waals surface area contributed by atoms with Crippen LogP contribution in [0.1, 0.15) is 30.9 Å². The molecule has 3 aromatic rings. The second-order valence-corrected chi connectivity index (χ2v) is 8.26. The van der Waals surface area contributed by atoms with E-state index in [1.165, 1.54) is 0 Å². The number of carbonyl (C=O) groups is 2. The van der Waals surface area contributed by atoms with Crippen LogP contribution in [0.3, 0.4) is 0 Å². The number of nitrogens with zero attached hydrogens (tertiary/aromatic N) is 2. The first-order chi connectivity index (χ1) is 16.2. The summed E-state index contributed by atoms with van der Waals surface area (Å²) in [5.41, 5.74) is 3.83. The van der Waals surface area contributed by atoms with E-state index in [0.717, 1.165) is 24.1 Å². The fourth-order valence-corrected chi connectivity index (χ4v) is 3.82. The topological polar surface area (TPSA) is 85.8 Å². The summed E-state index contributed by atoms with van der Waals surface area (Å²) in [4.78, 5) is 24.9. The summed E-state index contributed by atoms with van der Waals surface area (Å²) in [5, 5.41) is 15.2. The summed E-state index contributed by atoms with van der Waals surface area (Å²) in [6.45, 7) is 0. The molecule has 1 atom stereocenters. The SMILES string of the molecule is O=C(Nc1ccc(NC(=O)C2=NN(c3ccccc3)C(c3ccccc3)C2)cc1)NC1CC1. The molecule has 7 heteroatoms. The molecule has 33 heavy (non-hydrogen) atoms. The van der Waals surface area contributed by atoms with Crippen LogP contribution in [-0.4, -0.2) is 23.7 Å². The van der Waals surface area contributed by atoms with Gasteiger partial charge in [0, 0.05) is 23.8 Å². The molecule has 1 aliphatic carbocycles. The Morgan fingerprint density at radius 3 is 2.03 bits per heavy atom. The number of rotatable bonds is 6. The van der Waals surface area contributed by atoms with E-state index in [1.807, 2.05) is 53.5 Å². The predicted molar refractivity (Wildman–Crippen MR) is 130 cm³/mol. The van der Waals surface area contributed by atoms with E-state index in [-0.39, 0.29) is 18.0 Å². The zero-order valence-corrected chi connectivity index (χ0v) is 18.1. The minimum Gasteiger partial charge on any atom is -0.335 e. The summed E-state index contributed by atoms with van der Waals surface area (Å²) in [6, 6.07) is 27.1. The summed E-state index contributed by atoms with van der Waals surface area (Å²) < 4.78 is 0. The van der Waals surface area contributed by atoms with E-state index in [0.29, 0.717) is 29.5 Å². The van der Waals surface area contributed by atoms with E-state index in [9.17, 15) is 9.59 Å². The number of hydrogen-bond donors (Lipinski definition) is 3. The Balaban J connectivity index is 1.28. The molecule has 1 heterocycles. The molecular weight excluding hydrogens is 414 g/mol. The molecule has 0 saturated heterocycles. The van der Waals surface area contributed by atoms with Crippen molar-refractivity contribution in [3.8, 4) is 0 Å². The lowest BCUT2D eigenvalue weighted by Crippen LogP contribution is -2.30. The first kappa shape index (κ1) is 20.8. The molecule has 1 fully saturated rings. The van der Waals surface area contributed by atoms with Crippen molar-refractivity contribution in [3.63, 3.8) is 0 Å². The summed E-state index contributed by atoms with van der Waals surface area (Å²) in [6.07, 6.45) is 2.58. The van der Waals surface area contributed by atoms with Crippen LogP contribution >= 0.6 is 0 Å². The number of anilines is 3. The van der Waals surface area contributed by atoms with Crippen LogP contribution in [0.5, 0.6) is 0 Å². The van der Waals surface area contributed by atoms with Crippen molar-refractivity contribution >= 4 is 34.7 Å². The Labute approximate surface area is 192 Å². The van der Waals surface area contributed by atoms with Crippen LogP contribution in [-0.2, 0) is 4.79 Å². The van der Waals surface area contributed by atoms with Crippen LogP contribution in [0.25, 0.3) is 0 Å². The van der Waals surface area contributed by atoms with Crippen molar-refractivity contribution < 1.29 is 9.59 Å². The molecule has 2 aliphatic rings. The third-order valence-corrected chi connectivity index (χ3v) is 5.69. The van der Waals surface area contributed by atoms with Crippen molar-refractivity contribution in [2.45, 2.75) is 31.3 Å². The van der Waals surface area contributed by atoms with E-state index in [1.54, 1.807) is 24.3 Å². The predicted octanol–water partition coefficient (Wildman–Crippen LogP) is 4.92. The lowest BCUT2D eigenvalue weighted by Gasteiger charge is -2.23. The molecular formula is C26H25N5O2. The normalized spacial score (nSPS) is 17.3. The smallest absolute Gasteiger partial charge is 0.319 e. The summed E-state index contributed by atoms with van der Waals surface area (Å²) >= 11 is 0. The third kappa shape index (κ3) is 5.03. The fourth-order valence-electron chi connectivity index (χ4n) is 3.82. The number of carbonyl (C=O) groups excluding carboxylic acids is 2. The van der Waals surface area contributed by atoms with E-state index in [4.69, 9.17) is 0 Å². The van der Waals surface area contributed by atoms with Gasteiger partial charge >= 0.3 is 6.03 Å². The first-order valence-corrected chi connectivity index (χ1v) is 11.1. The van der Waals surface area contributed by atoms with Crippen LogP contribution < -0.4 is 21.0 Å². The third-order valence-electron chi connectivity index (χ3n) is 5.69. The highest BCUT2D eigenvalue weighted by Gasteiger charge is 2.32. The Kier molecular flexibility index (Phi) is 5.76. The van der Waals surface area contributed by atoms with Gasteiger partial charge in [-0.3, -0.25) is 9.80 Å². The Hall–Kier alpha value is -4.13. The van der Waals surface area contributed by atoms with Gasteiger partial charge in [-0.05, 0) is 54.8 Å². The van der Waals surface area contributed by atoms with E-state index in [2.05, 4.69) is 33.2 Å². The van der Waals surface area contributed by atoms with Gasteiger partial charge < -0.3 is 16.0 Å². The van der Waals surface area contributed by atoms with Crippen molar-refractivity contribution in [1.29, 1.82) is 0 Å². The maximum absolute atomic E-state index is 13.0. The second-order valence-electron chi connectivity index (χ2n) is 8.26. The maximum atomic E-state index is 13.0. The molecule has 3 N–H and O–H groups in total. The Bertz CT molecular complexity index is 1160. The Morgan fingerprint density at radius 2 is 1.39 bits per heavy atom. The molecule has 1 unspecified atom stereocenters. The minimum atomic E-state index is -0.235. The minimum absolute atomic E-state index is 0.0501. The number of para-hydroxylation sites is 1. The van der Waals surface area contributed by atoms with Gasteiger partial charge in [0.1, 0.15) is 5.71 Å². The van der Waals surface area contributed by atoms with Crippen molar-refractivity contribution in [2.24, 2.45) is 5.10 Å². The van der Waals surface area contributed by atoms with Crippen LogP contribution in [0.2, 0.25) is 0 Å². The molecule has 0 radical (unpaired) electrons. The largest absolute Gasteiger partial charge is 0.335 e. The van der Waals surface area contributed by atoms with Gasteiger partial charge in [0.05, 0.1) is 11.7 Å². The number of benzene rings is 3. The molecule has 0 bridgehead atoms. The zero-order valence-electron chi connectivity index (χ0n) is 18.1. The van der Waals surface area contributed by atoms with Gasteiger partial charge in [-0.1, -0.05) is 48.5 Å². The number of hydrogen-bond acceptors (Lipinski definition) is 4. The quantitative estimate of drug-likeness (QED) is 0.510. The van der Waals surface area contributed by atoms with Gasteiger partial charge in [0.2, 0.25) is 0 Å². The number of amides is 3. The lowest BCUT2D eigenvalue weighted by molar-refractivity contribution is -0.110. The van der Waals surface area contributed by atoms with Crippen LogP contribution in [0.15, 0.2) is 90.0 Å². The summed E-state index contributed by atoms with van der Waals surface area (Å²) in [5.74, 6) is -0.235. The van der Waals surface area contributed by atoms with Crippen molar-refractivity contribution in [3.05, 3.63) is 90.5 Å². The summed E-state index contributed by atoms with van der Waals surface area (Å²) in [7, 11) is 0. The first-order valence-electron chi connectivity index (χ1n) is 11.1. The van der Waals surface area contributed by atoms with E-state index >= 15 is 0 Å². The zero-order chi connectivity index (χ0) is 22.6. The molecule has 5 rings (SSSR count). The van der Waals surface area contributed by atoms with Gasteiger partial charge in [-0.2, -0.15) is 5.10 Å². The molecule has 7 nitrogen and oxygen atoms in total. The molecule has 3 amide bonds. The van der Waals surface area contributed by atoms with Gasteiger partial charge in [0.25, 0.3) is 5.91 Å². The highest BCUT2D eigenvalue weighted by Crippen LogP contribution is 2.35. The fraction of sp³-hybridized carbons (Fsp3) is 0.192. The molecule has 1 aliphatic heterocycles. The van der Waals surface area contributed by atoms with Crippen LogP contribution in [0, 0.1) is 0 Å². The number of hydrazone groups is 1. The standard InChI is InChI=1S/C26H25N5O2/c32-25(27-19-11-13-20(14-12-19)28-26(33)29-21-15-16-21)23-17-24(18-7-3-1-4-8-18)31(30-23)22-9-5-2-6-10-22/h1-14,21,24H,15-17H2,(H,27,32)(H2,28,29,33). The van der Waals surface area contributed by atoms with Crippen molar-refractivity contribution in [2.75, 3.05) is 15.6 Å². The van der Waals surface area contributed by atoms with Crippen LogP contribution in [0.4, 0.5) is 21.9 Å². The number of nitrogens with one attached hydrogen (secondary N) is 3. The second kappa shape index (κ2) is 9.16. The molecule has 0 spiro atoms. The highest BCUT2D eigenvalue weighted by atomic mass is 16.2. The molecule has 0 aromatic heterocycles. The van der Waals surface area contributed by atoms with Gasteiger partial charge in [-0.25, -0.2) is 4.79 Å².